The fourth-order valence-electron chi connectivity index (χ4n) is 1.73. The fourth-order valence-corrected chi connectivity index (χ4v) is 1.73. The molecule has 0 aliphatic carbocycles. The van der Waals surface area contributed by atoms with E-state index in [2.05, 4.69) is 16.8 Å². The van der Waals surface area contributed by atoms with Crippen LogP contribution in [0.15, 0.2) is 71.4 Å². The van der Waals surface area contributed by atoms with Gasteiger partial charge in [0.1, 0.15) is 19.0 Å². The summed E-state index contributed by atoms with van der Waals surface area (Å²) >= 11 is 0. The number of hydrogen-bond donors (Lipinski definition) is 0. The summed E-state index contributed by atoms with van der Waals surface area (Å²) in [7, 11) is 0. The molecule has 0 bridgehead atoms. The van der Waals surface area contributed by atoms with Crippen LogP contribution in [0, 0.1) is 10.1 Å². The first-order chi connectivity index (χ1) is 12.1. The summed E-state index contributed by atoms with van der Waals surface area (Å²) in [6.07, 6.45) is 1.09. The largest absolute Gasteiger partial charge is 0.490 e. The van der Waals surface area contributed by atoms with Crippen LogP contribution >= 0.6 is 0 Å². The highest BCUT2D eigenvalue weighted by molar-refractivity contribution is 5.81. The number of benzene rings is 2. The molecular weight excluding hydrogens is 326 g/mol. The van der Waals surface area contributed by atoms with E-state index in [-0.39, 0.29) is 18.9 Å². The first-order valence-corrected chi connectivity index (χ1v) is 7.27. The molecule has 0 aliphatic rings. The standard InChI is InChI=1S/C17H15N3O5/c1-2-17(21)25-12-11-24-16-9-5-14(6-10-16)19-18-13-3-7-15(8-4-13)20(22)23/h2-10H,1,11-12H2. The predicted octanol–water partition coefficient (Wildman–Crippen LogP) is 4.12. The maximum atomic E-state index is 10.9. The lowest BCUT2D eigenvalue weighted by Gasteiger charge is -2.06. The summed E-state index contributed by atoms with van der Waals surface area (Å²) in [5.74, 6) is 0.106. The van der Waals surface area contributed by atoms with E-state index in [1.165, 1.54) is 24.3 Å². The van der Waals surface area contributed by atoms with Crippen LogP contribution < -0.4 is 4.74 Å². The van der Waals surface area contributed by atoms with Crippen LogP contribution in [0.5, 0.6) is 5.75 Å². The Morgan fingerprint density at radius 2 is 1.60 bits per heavy atom. The fraction of sp³-hybridized carbons (Fsp3) is 0.118. The Bertz CT molecular complexity index is 770. The number of esters is 1. The monoisotopic (exact) mass is 341 g/mol. The van der Waals surface area contributed by atoms with E-state index in [1.54, 1.807) is 24.3 Å². The van der Waals surface area contributed by atoms with Crippen molar-refractivity contribution in [2.24, 2.45) is 10.2 Å². The third-order valence-corrected chi connectivity index (χ3v) is 2.94. The Hall–Kier alpha value is -3.55. The molecule has 0 N–H and O–H groups in total. The second-order valence-corrected chi connectivity index (χ2v) is 4.69. The Morgan fingerprint density at radius 3 is 2.12 bits per heavy atom. The van der Waals surface area contributed by atoms with Crippen molar-refractivity contribution in [3.05, 3.63) is 71.3 Å². The van der Waals surface area contributed by atoms with Crippen LogP contribution in [0.1, 0.15) is 0 Å². The first-order valence-electron chi connectivity index (χ1n) is 7.27. The van der Waals surface area contributed by atoms with Crippen LogP contribution in [-0.4, -0.2) is 24.1 Å². The van der Waals surface area contributed by atoms with Gasteiger partial charge in [0.2, 0.25) is 0 Å². The van der Waals surface area contributed by atoms with Gasteiger partial charge in [-0.2, -0.15) is 10.2 Å². The van der Waals surface area contributed by atoms with Gasteiger partial charge in [-0.25, -0.2) is 4.79 Å². The molecule has 0 unspecified atom stereocenters. The zero-order chi connectivity index (χ0) is 18.1. The molecule has 128 valence electrons. The van der Waals surface area contributed by atoms with Gasteiger partial charge in [-0.3, -0.25) is 10.1 Å². The summed E-state index contributed by atoms with van der Waals surface area (Å²) in [4.78, 5) is 21.0. The molecule has 0 aliphatic heterocycles. The van der Waals surface area contributed by atoms with E-state index in [0.717, 1.165) is 6.08 Å². The highest BCUT2D eigenvalue weighted by Gasteiger charge is 2.03. The molecule has 25 heavy (non-hydrogen) atoms. The van der Waals surface area contributed by atoms with E-state index < -0.39 is 10.9 Å². The van der Waals surface area contributed by atoms with Crippen molar-refractivity contribution >= 4 is 23.0 Å². The summed E-state index contributed by atoms with van der Waals surface area (Å²) in [6, 6.07) is 12.6. The molecule has 0 aromatic heterocycles. The van der Waals surface area contributed by atoms with E-state index in [1.807, 2.05) is 0 Å². The van der Waals surface area contributed by atoms with Gasteiger partial charge in [0.25, 0.3) is 5.69 Å². The first kappa shape index (κ1) is 17.8. The van der Waals surface area contributed by atoms with Crippen molar-refractivity contribution in [2.45, 2.75) is 0 Å². The highest BCUT2D eigenvalue weighted by atomic mass is 16.6. The average Bonchev–Trinajstić information content (AvgIpc) is 2.64. The quantitative estimate of drug-likeness (QED) is 0.179. The molecule has 0 saturated carbocycles. The van der Waals surface area contributed by atoms with E-state index in [9.17, 15) is 14.9 Å². The number of nitro benzene ring substituents is 1. The van der Waals surface area contributed by atoms with E-state index in [4.69, 9.17) is 9.47 Å². The van der Waals surface area contributed by atoms with Crippen molar-refractivity contribution in [3.8, 4) is 5.75 Å². The van der Waals surface area contributed by atoms with Crippen LogP contribution in [0.3, 0.4) is 0 Å². The van der Waals surface area contributed by atoms with Crippen LogP contribution in [0.2, 0.25) is 0 Å². The molecule has 0 heterocycles. The predicted molar refractivity (Wildman–Crippen MR) is 90.4 cm³/mol. The summed E-state index contributed by atoms with van der Waals surface area (Å²) in [5, 5.41) is 18.6. The normalized spacial score (nSPS) is 10.4. The SMILES string of the molecule is C=CC(=O)OCCOc1ccc(N=Nc2ccc([N+](=O)[O-])cc2)cc1. The lowest BCUT2D eigenvalue weighted by molar-refractivity contribution is -0.384. The number of carbonyl (C=O) groups excluding carboxylic acids is 1. The topological polar surface area (TPSA) is 103 Å². The van der Waals surface area contributed by atoms with Crippen molar-refractivity contribution in [1.82, 2.24) is 0 Å². The highest BCUT2D eigenvalue weighted by Crippen LogP contribution is 2.22. The van der Waals surface area contributed by atoms with Crippen molar-refractivity contribution in [1.29, 1.82) is 0 Å². The van der Waals surface area contributed by atoms with Gasteiger partial charge in [-0.05, 0) is 36.4 Å². The number of rotatable bonds is 8. The number of nitrogens with zero attached hydrogens (tertiary/aromatic N) is 3. The number of hydrogen-bond acceptors (Lipinski definition) is 7. The maximum Gasteiger partial charge on any atom is 0.330 e. The number of azo groups is 1. The van der Waals surface area contributed by atoms with E-state index in [0.29, 0.717) is 17.1 Å². The Morgan fingerprint density at radius 1 is 1.04 bits per heavy atom. The smallest absolute Gasteiger partial charge is 0.330 e. The van der Waals surface area contributed by atoms with Gasteiger partial charge in [0.15, 0.2) is 0 Å². The minimum absolute atomic E-state index is 0.000721. The van der Waals surface area contributed by atoms with Gasteiger partial charge in [0.05, 0.1) is 16.3 Å². The molecular formula is C17H15N3O5. The molecule has 0 saturated heterocycles. The number of ether oxygens (including phenoxy) is 2. The van der Waals surface area contributed by atoms with Gasteiger partial charge in [-0.15, -0.1) is 0 Å². The summed E-state index contributed by atoms with van der Waals surface area (Å²) in [5.41, 5.74) is 1.11. The second kappa shape index (κ2) is 8.92. The number of carbonyl (C=O) groups is 1. The molecule has 8 nitrogen and oxygen atoms in total. The number of nitro groups is 1. The number of non-ortho nitro benzene ring substituents is 1. The molecule has 0 fully saturated rings. The second-order valence-electron chi connectivity index (χ2n) is 4.69. The van der Waals surface area contributed by atoms with Crippen LogP contribution in [0.4, 0.5) is 17.1 Å². The maximum absolute atomic E-state index is 10.9. The Kier molecular flexibility index (Phi) is 6.35. The van der Waals surface area contributed by atoms with Crippen LogP contribution in [-0.2, 0) is 9.53 Å². The van der Waals surface area contributed by atoms with Gasteiger partial charge >= 0.3 is 5.97 Å². The molecule has 2 aromatic rings. The van der Waals surface area contributed by atoms with Gasteiger partial charge < -0.3 is 9.47 Å². The molecule has 0 amide bonds. The molecule has 2 aromatic carbocycles. The third-order valence-electron chi connectivity index (χ3n) is 2.94. The summed E-state index contributed by atoms with van der Waals surface area (Å²) < 4.78 is 10.2. The Balaban J connectivity index is 1.86. The molecule has 0 spiro atoms. The van der Waals surface area contributed by atoms with E-state index >= 15 is 0 Å². The minimum Gasteiger partial charge on any atom is -0.490 e. The zero-order valence-corrected chi connectivity index (χ0v) is 13.2. The molecule has 0 atom stereocenters. The molecule has 2 rings (SSSR count). The van der Waals surface area contributed by atoms with Crippen molar-refractivity contribution < 1.29 is 19.2 Å². The van der Waals surface area contributed by atoms with Gasteiger partial charge in [0, 0.05) is 18.2 Å². The lowest BCUT2D eigenvalue weighted by atomic mass is 10.3. The lowest BCUT2D eigenvalue weighted by Crippen LogP contribution is -2.09. The average molecular weight is 341 g/mol. The minimum atomic E-state index is -0.495. The molecule has 0 radical (unpaired) electrons. The Labute approximate surface area is 143 Å². The van der Waals surface area contributed by atoms with Crippen molar-refractivity contribution in [2.75, 3.05) is 13.2 Å². The zero-order valence-electron chi connectivity index (χ0n) is 13.2. The summed E-state index contributed by atoms with van der Waals surface area (Å²) in [6.45, 7) is 3.65. The third kappa shape index (κ3) is 5.87. The van der Waals surface area contributed by atoms with Gasteiger partial charge in [-0.1, -0.05) is 6.58 Å². The van der Waals surface area contributed by atoms with Crippen molar-refractivity contribution in [3.63, 3.8) is 0 Å². The molecule has 8 heteroatoms. The van der Waals surface area contributed by atoms with Crippen LogP contribution in [0.25, 0.3) is 0 Å².